The third-order valence-electron chi connectivity index (χ3n) is 2.81. The highest BCUT2D eigenvalue weighted by molar-refractivity contribution is 8.00. The second-order valence-electron chi connectivity index (χ2n) is 5.27. The van der Waals surface area contributed by atoms with Crippen LogP contribution in [0.3, 0.4) is 0 Å². The van der Waals surface area contributed by atoms with Crippen LogP contribution in [0.2, 0.25) is 0 Å². The van der Waals surface area contributed by atoms with E-state index in [-0.39, 0.29) is 0 Å². The van der Waals surface area contributed by atoms with Crippen molar-refractivity contribution >= 4 is 24.4 Å². The zero-order valence-electron chi connectivity index (χ0n) is 9.10. The van der Waals surface area contributed by atoms with Crippen LogP contribution in [0, 0.1) is 5.41 Å². The van der Waals surface area contributed by atoms with Crippen LogP contribution in [0.15, 0.2) is 0 Å². The molecule has 0 radical (unpaired) electrons. The van der Waals surface area contributed by atoms with Gasteiger partial charge < -0.3 is 0 Å². The van der Waals surface area contributed by atoms with E-state index in [0.29, 0.717) is 10.2 Å². The Kier molecular flexibility index (Phi) is 4.06. The van der Waals surface area contributed by atoms with Gasteiger partial charge in [-0.05, 0) is 24.0 Å². The number of hydrogen-bond acceptors (Lipinski definition) is 2. The summed E-state index contributed by atoms with van der Waals surface area (Å²) in [5.41, 5.74) is 0.570. The zero-order valence-corrected chi connectivity index (χ0v) is 10.8. The van der Waals surface area contributed by atoms with Crippen molar-refractivity contribution in [3.05, 3.63) is 0 Å². The van der Waals surface area contributed by atoms with E-state index in [1.165, 1.54) is 31.4 Å². The number of rotatable bonds is 3. The molecule has 13 heavy (non-hydrogen) atoms. The summed E-state index contributed by atoms with van der Waals surface area (Å²) >= 11 is 6.62. The quantitative estimate of drug-likeness (QED) is 0.698. The van der Waals surface area contributed by atoms with Gasteiger partial charge in [-0.15, -0.1) is 0 Å². The van der Waals surface area contributed by atoms with E-state index in [0.717, 1.165) is 5.75 Å². The van der Waals surface area contributed by atoms with Gasteiger partial charge in [-0.25, -0.2) is 0 Å². The van der Waals surface area contributed by atoms with Crippen LogP contribution < -0.4 is 0 Å². The molecule has 1 rings (SSSR count). The lowest BCUT2D eigenvalue weighted by Gasteiger charge is -2.30. The third-order valence-corrected chi connectivity index (χ3v) is 5.10. The molecule has 0 bridgehead atoms. The topological polar surface area (TPSA) is 0 Å². The largest absolute Gasteiger partial charge is 0.179 e. The monoisotopic (exact) mass is 218 g/mol. The fraction of sp³-hybridized carbons (Fsp3) is 1.00. The molecule has 1 fully saturated rings. The number of hydrogen-bond donors (Lipinski definition) is 1. The van der Waals surface area contributed by atoms with Crippen molar-refractivity contribution in [2.75, 3.05) is 11.5 Å². The van der Waals surface area contributed by atoms with Crippen molar-refractivity contribution in [2.24, 2.45) is 5.41 Å². The first kappa shape index (κ1) is 11.8. The second kappa shape index (κ2) is 4.48. The first-order chi connectivity index (χ1) is 5.97. The maximum Gasteiger partial charge on any atom is 0.00753 e. The summed E-state index contributed by atoms with van der Waals surface area (Å²) in [6.07, 6.45) is 5.65. The van der Waals surface area contributed by atoms with Crippen molar-refractivity contribution < 1.29 is 0 Å². The molecule has 0 spiro atoms. The third kappa shape index (κ3) is 3.75. The Hall–Kier alpha value is 0.700. The molecule has 0 N–H and O–H groups in total. The molecule has 0 aromatic carbocycles. The van der Waals surface area contributed by atoms with E-state index in [4.69, 9.17) is 0 Å². The van der Waals surface area contributed by atoms with E-state index in [2.05, 4.69) is 45.2 Å². The van der Waals surface area contributed by atoms with Gasteiger partial charge in [0.05, 0.1) is 0 Å². The van der Waals surface area contributed by atoms with Gasteiger partial charge in [0.25, 0.3) is 0 Å². The Morgan fingerprint density at radius 1 is 1.23 bits per heavy atom. The van der Waals surface area contributed by atoms with Crippen molar-refractivity contribution in [1.29, 1.82) is 0 Å². The number of thiol groups is 1. The predicted octanol–water partition coefficient (Wildman–Crippen LogP) is 4.01. The highest BCUT2D eigenvalue weighted by Gasteiger charge is 2.33. The van der Waals surface area contributed by atoms with Gasteiger partial charge >= 0.3 is 0 Å². The van der Waals surface area contributed by atoms with E-state index in [1.807, 2.05) is 0 Å². The minimum atomic E-state index is 0.415. The molecule has 0 aliphatic heterocycles. The lowest BCUT2D eigenvalue weighted by Crippen LogP contribution is -2.24. The van der Waals surface area contributed by atoms with Gasteiger partial charge in [-0.3, -0.25) is 0 Å². The molecule has 0 atom stereocenters. The van der Waals surface area contributed by atoms with E-state index < -0.39 is 0 Å². The summed E-state index contributed by atoms with van der Waals surface area (Å²) < 4.78 is 0.415. The minimum Gasteiger partial charge on any atom is -0.179 e. The van der Waals surface area contributed by atoms with Gasteiger partial charge in [0, 0.05) is 10.5 Å². The molecule has 1 aliphatic rings. The summed E-state index contributed by atoms with van der Waals surface area (Å²) in [4.78, 5) is 0. The molecule has 78 valence electrons. The summed E-state index contributed by atoms with van der Waals surface area (Å²) in [6.45, 7) is 6.91. The van der Waals surface area contributed by atoms with Crippen LogP contribution in [-0.2, 0) is 0 Å². The van der Waals surface area contributed by atoms with Crippen LogP contribution in [0.25, 0.3) is 0 Å². The van der Waals surface area contributed by atoms with Crippen LogP contribution >= 0.6 is 24.4 Å². The van der Waals surface area contributed by atoms with Crippen LogP contribution in [0.4, 0.5) is 0 Å². The zero-order chi connectivity index (χ0) is 9.95. The smallest absolute Gasteiger partial charge is 0.00753 e. The summed E-state index contributed by atoms with van der Waals surface area (Å²) in [7, 11) is 0. The van der Waals surface area contributed by atoms with E-state index >= 15 is 0 Å². The fourth-order valence-corrected chi connectivity index (χ4v) is 3.55. The van der Waals surface area contributed by atoms with Gasteiger partial charge in [-0.1, -0.05) is 33.6 Å². The summed E-state index contributed by atoms with van der Waals surface area (Å²) in [5.74, 6) is 2.38. The maximum absolute atomic E-state index is 4.52. The number of thioether (sulfide) groups is 1. The highest BCUT2D eigenvalue weighted by atomic mass is 32.2. The SMILES string of the molecule is CC(C)(C)SCC1(CS)CCCC1. The lowest BCUT2D eigenvalue weighted by atomic mass is 9.91. The first-order valence-corrected chi connectivity index (χ1v) is 6.84. The maximum atomic E-state index is 4.52. The normalized spacial score (nSPS) is 22.2. The van der Waals surface area contributed by atoms with Crippen LogP contribution in [-0.4, -0.2) is 16.3 Å². The predicted molar refractivity (Wildman–Crippen MR) is 67.0 cm³/mol. The average Bonchev–Trinajstić information content (AvgIpc) is 2.49. The summed E-state index contributed by atoms with van der Waals surface area (Å²) in [6, 6.07) is 0. The molecular weight excluding hydrogens is 196 g/mol. The molecule has 1 saturated carbocycles. The van der Waals surface area contributed by atoms with Crippen molar-refractivity contribution in [3.63, 3.8) is 0 Å². The molecule has 0 nitrogen and oxygen atoms in total. The Morgan fingerprint density at radius 2 is 1.77 bits per heavy atom. The van der Waals surface area contributed by atoms with Crippen molar-refractivity contribution in [1.82, 2.24) is 0 Å². The van der Waals surface area contributed by atoms with Gasteiger partial charge in [-0.2, -0.15) is 24.4 Å². The molecule has 0 aromatic rings. The van der Waals surface area contributed by atoms with Gasteiger partial charge in [0.1, 0.15) is 0 Å². The molecule has 0 aromatic heterocycles. The standard InChI is InChI=1S/C11H22S2/c1-10(2,3)13-9-11(8-12)6-4-5-7-11/h12H,4-9H2,1-3H3. The fourth-order valence-electron chi connectivity index (χ4n) is 1.84. The second-order valence-corrected chi connectivity index (χ2v) is 7.38. The van der Waals surface area contributed by atoms with Gasteiger partial charge in [0.2, 0.25) is 0 Å². The molecular formula is C11H22S2. The Morgan fingerprint density at radius 3 is 2.15 bits per heavy atom. The Bertz CT molecular complexity index is 152. The Labute approximate surface area is 92.7 Å². The Balaban J connectivity index is 2.40. The molecule has 2 heteroatoms. The lowest BCUT2D eigenvalue weighted by molar-refractivity contribution is 0.402. The van der Waals surface area contributed by atoms with Crippen LogP contribution in [0.5, 0.6) is 0 Å². The van der Waals surface area contributed by atoms with Crippen molar-refractivity contribution in [3.8, 4) is 0 Å². The molecule has 0 heterocycles. The first-order valence-electron chi connectivity index (χ1n) is 5.22. The van der Waals surface area contributed by atoms with E-state index in [9.17, 15) is 0 Å². The molecule has 0 unspecified atom stereocenters. The average molecular weight is 218 g/mol. The summed E-state index contributed by atoms with van der Waals surface area (Å²) in [5, 5.41) is 0. The minimum absolute atomic E-state index is 0.415. The molecule has 1 aliphatic carbocycles. The molecule has 0 amide bonds. The van der Waals surface area contributed by atoms with E-state index in [1.54, 1.807) is 0 Å². The van der Waals surface area contributed by atoms with Crippen molar-refractivity contribution in [2.45, 2.75) is 51.2 Å². The molecule has 0 saturated heterocycles. The highest BCUT2D eigenvalue weighted by Crippen LogP contribution is 2.43. The van der Waals surface area contributed by atoms with Crippen LogP contribution in [0.1, 0.15) is 46.5 Å². The van der Waals surface area contributed by atoms with Gasteiger partial charge in [0.15, 0.2) is 0 Å².